The number of rotatable bonds is 3. The van der Waals surface area contributed by atoms with Gasteiger partial charge in [0.25, 0.3) is 0 Å². The second-order valence-corrected chi connectivity index (χ2v) is 2.77. The van der Waals surface area contributed by atoms with Crippen molar-refractivity contribution in [2.45, 2.75) is 32.7 Å². The summed E-state index contributed by atoms with van der Waals surface area (Å²) in [5.41, 5.74) is 5.59. The van der Waals surface area contributed by atoms with Crippen molar-refractivity contribution in [2.75, 3.05) is 0 Å². The first kappa shape index (κ1) is 8.05. The van der Waals surface area contributed by atoms with E-state index in [9.17, 15) is 0 Å². The predicted octanol–water partition coefficient (Wildman–Crippen LogP) is 1.50. The molecule has 0 aliphatic carbocycles. The van der Waals surface area contributed by atoms with E-state index in [-0.39, 0.29) is 6.04 Å². The maximum absolute atomic E-state index is 5.59. The van der Waals surface area contributed by atoms with Crippen molar-refractivity contribution in [1.82, 2.24) is 0 Å². The molecule has 2 heteroatoms. The molecule has 48 valence electrons. The molecule has 0 fully saturated rings. The minimum absolute atomic E-state index is 0.285. The first-order valence-corrected chi connectivity index (χ1v) is 3.32. The Balaban J connectivity index is 3.24. The van der Waals surface area contributed by atoms with E-state index in [4.69, 9.17) is 18.0 Å². The van der Waals surface area contributed by atoms with E-state index in [0.717, 1.165) is 17.7 Å². The molecule has 0 spiro atoms. The van der Waals surface area contributed by atoms with Crippen molar-refractivity contribution in [1.29, 1.82) is 0 Å². The lowest BCUT2D eigenvalue weighted by atomic mass is 10.1. The van der Waals surface area contributed by atoms with Gasteiger partial charge in [0.15, 0.2) is 0 Å². The number of hydrogen-bond acceptors (Lipinski definition) is 2. The highest BCUT2D eigenvalue weighted by Crippen LogP contribution is 1.94. The van der Waals surface area contributed by atoms with Crippen molar-refractivity contribution >= 4 is 17.1 Å². The molecule has 0 aliphatic heterocycles. The Hall–Kier alpha value is 0.0500. The Morgan fingerprint density at radius 1 is 1.75 bits per heavy atom. The van der Waals surface area contributed by atoms with Gasteiger partial charge in [-0.25, -0.2) is 0 Å². The zero-order valence-corrected chi connectivity index (χ0v) is 6.29. The van der Waals surface area contributed by atoms with Gasteiger partial charge in [0.1, 0.15) is 0 Å². The molecule has 0 rings (SSSR count). The minimum atomic E-state index is 0.285. The summed E-state index contributed by atoms with van der Waals surface area (Å²) >= 11 is 4.86. The second kappa shape index (κ2) is 3.98. The lowest BCUT2D eigenvalue weighted by Gasteiger charge is -2.04. The summed E-state index contributed by atoms with van der Waals surface area (Å²) in [4.78, 5) is 1.01. The summed E-state index contributed by atoms with van der Waals surface area (Å²) in [6.45, 7) is 4.01. The van der Waals surface area contributed by atoms with Gasteiger partial charge < -0.3 is 5.73 Å². The smallest absolute Gasteiger partial charge is 0.00815 e. The van der Waals surface area contributed by atoms with E-state index in [0.29, 0.717) is 0 Å². The average Bonchev–Trinajstić information content (AvgIpc) is 1.65. The van der Waals surface area contributed by atoms with Gasteiger partial charge in [-0.15, -0.1) is 0 Å². The maximum Gasteiger partial charge on any atom is 0.00815 e. The number of thiocarbonyl (C=S) groups is 1. The molecular formula is C6H13NS. The van der Waals surface area contributed by atoms with Gasteiger partial charge in [-0.3, -0.25) is 0 Å². The molecule has 0 aromatic carbocycles. The van der Waals surface area contributed by atoms with Crippen LogP contribution in [0.25, 0.3) is 0 Å². The van der Waals surface area contributed by atoms with E-state index in [1.54, 1.807) is 0 Å². The van der Waals surface area contributed by atoms with Crippen molar-refractivity contribution < 1.29 is 0 Å². The van der Waals surface area contributed by atoms with Crippen LogP contribution in [0.4, 0.5) is 0 Å². The molecule has 0 bridgehead atoms. The summed E-state index contributed by atoms with van der Waals surface area (Å²) in [5, 5.41) is 0. The van der Waals surface area contributed by atoms with Crippen molar-refractivity contribution in [3.05, 3.63) is 0 Å². The molecule has 0 aromatic rings. The lowest BCUT2D eigenvalue weighted by Crippen LogP contribution is -2.20. The van der Waals surface area contributed by atoms with E-state index in [1.807, 2.05) is 6.92 Å². The molecule has 0 saturated carbocycles. The van der Waals surface area contributed by atoms with Crippen LogP contribution >= 0.6 is 12.2 Å². The first-order valence-electron chi connectivity index (χ1n) is 2.91. The number of nitrogens with two attached hydrogens (primary N) is 1. The van der Waals surface area contributed by atoms with Crippen LogP contribution in [-0.2, 0) is 0 Å². The normalized spacial score (nSPS) is 13.4. The average molecular weight is 131 g/mol. The van der Waals surface area contributed by atoms with Crippen LogP contribution in [0, 0.1) is 0 Å². The van der Waals surface area contributed by atoms with Gasteiger partial charge in [0, 0.05) is 6.04 Å². The zero-order chi connectivity index (χ0) is 6.57. The van der Waals surface area contributed by atoms with Crippen LogP contribution in [0.1, 0.15) is 26.7 Å². The summed E-state index contributed by atoms with van der Waals surface area (Å²) in [6, 6.07) is 0.285. The molecule has 8 heavy (non-hydrogen) atoms. The third kappa shape index (κ3) is 4.22. The van der Waals surface area contributed by atoms with Gasteiger partial charge in [0.05, 0.1) is 0 Å². The Morgan fingerprint density at radius 2 is 2.25 bits per heavy atom. The molecule has 2 N–H and O–H groups in total. The topological polar surface area (TPSA) is 26.0 Å². The van der Waals surface area contributed by atoms with Gasteiger partial charge in [-0.1, -0.05) is 19.1 Å². The van der Waals surface area contributed by atoms with Crippen LogP contribution in [0.2, 0.25) is 0 Å². The van der Waals surface area contributed by atoms with Gasteiger partial charge in [-0.2, -0.15) is 0 Å². The predicted molar refractivity (Wildman–Crippen MR) is 41.2 cm³/mol. The molecule has 0 saturated heterocycles. The summed E-state index contributed by atoms with van der Waals surface area (Å²) < 4.78 is 0. The molecule has 0 heterocycles. The van der Waals surface area contributed by atoms with Gasteiger partial charge >= 0.3 is 0 Å². The van der Waals surface area contributed by atoms with Crippen LogP contribution < -0.4 is 5.73 Å². The van der Waals surface area contributed by atoms with Crippen LogP contribution in [0.3, 0.4) is 0 Å². The van der Waals surface area contributed by atoms with E-state index < -0.39 is 0 Å². The monoisotopic (exact) mass is 131 g/mol. The highest BCUT2D eigenvalue weighted by atomic mass is 32.1. The van der Waals surface area contributed by atoms with E-state index >= 15 is 0 Å². The Morgan fingerprint density at radius 3 is 2.38 bits per heavy atom. The first-order chi connectivity index (χ1) is 3.66. The summed E-state index contributed by atoms with van der Waals surface area (Å²) in [5.74, 6) is 0. The molecule has 0 aromatic heterocycles. The molecule has 1 atom stereocenters. The highest BCUT2D eigenvalue weighted by Gasteiger charge is 1.97. The molecule has 0 aliphatic rings. The van der Waals surface area contributed by atoms with Crippen LogP contribution in [0.15, 0.2) is 0 Å². The quantitative estimate of drug-likeness (QED) is 0.587. The van der Waals surface area contributed by atoms with Gasteiger partial charge in [0.2, 0.25) is 0 Å². The van der Waals surface area contributed by atoms with E-state index in [1.165, 1.54) is 0 Å². The largest absolute Gasteiger partial charge is 0.327 e. The van der Waals surface area contributed by atoms with Crippen molar-refractivity contribution in [2.24, 2.45) is 5.73 Å². The summed E-state index contributed by atoms with van der Waals surface area (Å²) in [6.07, 6.45) is 1.92. The fourth-order valence-electron chi connectivity index (χ4n) is 0.514. The third-order valence-electron chi connectivity index (χ3n) is 1.07. The number of hydrogen-bond donors (Lipinski definition) is 1. The Kier molecular flexibility index (Phi) is 4.01. The zero-order valence-electron chi connectivity index (χ0n) is 5.48. The molecule has 0 amide bonds. The van der Waals surface area contributed by atoms with Crippen molar-refractivity contribution in [3.8, 4) is 0 Å². The molecular weight excluding hydrogens is 118 g/mol. The third-order valence-corrected chi connectivity index (χ3v) is 1.24. The second-order valence-electron chi connectivity index (χ2n) is 2.07. The van der Waals surface area contributed by atoms with Crippen LogP contribution in [-0.4, -0.2) is 10.9 Å². The maximum atomic E-state index is 5.59. The minimum Gasteiger partial charge on any atom is -0.327 e. The Bertz CT molecular complexity index is 80.6. The molecule has 0 radical (unpaired) electrons. The van der Waals surface area contributed by atoms with Gasteiger partial charge in [-0.05, 0) is 24.6 Å². The van der Waals surface area contributed by atoms with Crippen molar-refractivity contribution in [3.63, 3.8) is 0 Å². The highest BCUT2D eigenvalue weighted by molar-refractivity contribution is 7.80. The SMILES string of the molecule is CCC(N)CC(C)=S. The van der Waals surface area contributed by atoms with Crippen LogP contribution in [0.5, 0.6) is 0 Å². The lowest BCUT2D eigenvalue weighted by molar-refractivity contribution is 0.677. The molecule has 1 nitrogen and oxygen atoms in total. The summed E-state index contributed by atoms with van der Waals surface area (Å²) in [7, 11) is 0. The van der Waals surface area contributed by atoms with E-state index in [2.05, 4.69) is 6.92 Å². The standard InChI is InChI=1S/C6H13NS/c1-3-6(7)4-5(2)8/h6H,3-4,7H2,1-2H3. The fraction of sp³-hybridized carbons (Fsp3) is 0.833. The Labute approximate surface area is 56.3 Å². The molecule has 1 unspecified atom stereocenters. The fourth-order valence-corrected chi connectivity index (χ4v) is 0.728.